The van der Waals surface area contributed by atoms with Gasteiger partial charge in [0.1, 0.15) is 30.7 Å². The molecule has 0 spiro atoms. The summed E-state index contributed by atoms with van der Waals surface area (Å²) in [6.07, 6.45) is 1.29. The van der Waals surface area contributed by atoms with Crippen LogP contribution >= 0.6 is 22.9 Å². The maximum absolute atomic E-state index is 12.1. The molecule has 0 N–H and O–H groups in total. The molecule has 8 heteroatoms. The van der Waals surface area contributed by atoms with Crippen molar-refractivity contribution in [1.29, 1.82) is 0 Å². The average Bonchev–Trinajstić information content (AvgIpc) is 2.87. The maximum Gasteiger partial charge on any atom is 0.317 e. The van der Waals surface area contributed by atoms with Crippen LogP contribution in [0, 0.1) is 0 Å². The van der Waals surface area contributed by atoms with Crippen molar-refractivity contribution in [2.75, 3.05) is 20.3 Å². The highest BCUT2D eigenvalue weighted by molar-refractivity contribution is 7.17. The van der Waals surface area contributed by atoms with Crippen molar-refractivity contribution in [3.05, 3.63) is 34.0 Å². The number of hydrogen-bond donors (Lipinski definition) is 0. The Kier molecular flexibility index (Phi) is 4.08. The van der Waals surface area contributed by atoms with Gasteiger partial charge in [0.25, 0.3) is 0 Å². The third-order valence-corrected chi connectivity index (χ3v) is 4.73. The second-order valence-electron chi connectivity index (χ2n) is 4.49. The number of rotatable bonds is 2. The molecule has 22 heavy (non-hydrogen) atoms. The first-order chi connectivity index (χ1) is 10.6. The second kappa shape index (κ2) is 6.02. The van der Waals surface area contributed by atoms with Crippen LogP contribution in [0.5, 0.6) is 5.75 Å². The van der Waals surface area contributed by atoms with Gasteiger partial charge in [-0.15, -0.1) is 0 Å². The third-order valence-electron chi connectivity index (χ3n) is 3.14. The molecular formula is C14H13ClN2O4S. The summed E-state index contributed by atoms with van der Waals surface area (Å²) >= 11 is 7.53. The molecule has 0 radical (unpaired) electrons. The molecule has 0 atom stereocenters. The number of nitrogens with zero attached hydrogens (tertiary/aromatic N) is 2. The Morgan fingerprint density at radius 1 is 1.45 bits per heavy atom. The largest absolute Gasteiger partial charge is 0.495 e. The molecule has 2 aromatic rings. The lowest BCUT2D eigenvalue weighted by Gasteiger charge is -2.12. The highest BCUT2D eigenvalue weighted by atomic mass is 35.5. The summed E-state index contributed by atoms with van der Waals surface area (Å²) in [7, 11) is 3.39. The first-order valence-corrected chi connectivity index (χ1v) is 7.67. The molecule has 0 saturated heterocycles. The molecule has 116 valence electrons. The summed E-state index contributed by atoms with van der Waals surface area (Å²) in [5.74, 6) is 0.280. The molecule has 1 aliphatic heterocycles. The van der Waals surface area contributed by atoms with E-state index < -0.39 is 5.91 Å². The lowest BCUT2D eigenvalue weighted by atomic mass is 10.3. The molecule has 0 aliphatic carbocycles. The van der Waals surface area contributed by atoms with Crippen LogP contribution in [0.4, 0.5) is 0 Å². The summed E-state index contributed by atoms with van der Waals surface area (Å²) in [5.41, 5.74) is 0.793. The summed E-state index contributed by atoms with van der Waals surface area (Å²) in [4.78, 5) is 16.7. The zero-order chi connectivity index (χ0) is 15.7. The van der Waals surface area contributed by atoms with Gasteiger partial charge in [0.15, 0.2) is 4.80 Å². The number of ether oxygens (including phenoxy) is 3. The molecular weight excluding hydrogens is 328 g/mol. The van der Waals surface area contributed by atoms with E-state index in [0.717, 1.165) is 10.2 Å². The van der Waals surface area contributed by atoms with Crippen LogP contribution in [0.2, 0.25) is 5.02 Å². The zero-order valence-corrected chi connectivity index (χ0v) is 13.5. The highest BCUT2D eigenvalue weighted by Crippen LogP contribution is 2.32. The van der Waals surface area contributed by atoms with Gasteiger partial charge in [-0.3, -0.25) is 4.79 Å². The Bertz CT molecular complexity index is 837. The Hall–Kier alpha value is -1.99. The molecule has 1 amide bonds. The van der Waals surface area contributed by atoms with Gasteiger partial charge in [0.05, 0.1) is 16.8 Å². The van der Waals surface area contributed by atoms with Crippen molar-refractivity contribution in [2.24, 2.45) is 12.0 Å². The normalized spacial score (nSPS) is 15.2. The van der Waals surface area contributed by atoms with Crippen molar-refractivity contribution in [1.82, 2.24) is 4.57 Å². The molecule has 0 fully saturated rings. The smallest absolute Gasteiger partial charge is 0.317 e. The van der Waals surface area contributed by atoms with E-state index in [2.05, 4.69) is 4.99 Å². The molecule has 0 saturated carbocycles. The number of amides is 1. The van der Waals surface area contributed by atoms with Gasteiger partial charge in [-0.2, -0.15) is 4.99 Å². The first-order valence-electron chi connectivity index (χ1n) is 6.47. The molecule has 3 rings (SSSR count). The lowest BCUT2D eigenvalue weighted by Crippen LogP contribution is -2.18. The highest BCUT2D eigenvalue weighted by Gasteiger charge is 2.16. The molecule has 1 aromatic heterocycles. The number of thiazole rings is 1. The zero-order valence-electron chi connectivity index (χ0n) is 12.0. The number of benzene rings is 1. The fourth-order valence-electron chi connectivity index (χ4n) is 2.08. The summed E-state index contributed by atoms with van der Waals surface area (Å²) in [6, 6.07) is 3.54. The molecule has 1 aromatic carbocycles. The van der Waals surface area contributed by atoms with Crippen molar-refractivity contribution in [2.45, 2.75) is 0 Å². The number of methoxy groups -OCH3 is 1. The van der Waals surface area contributed by atoms with E-state index in [0.29, 0.717) is 28.8 Å². The Morgan fingerprint density at radius 3 is 2.95 bits per heavy atom. The molecule has 1 aliphatic rings. The van der Waals surface area contributed by atoms with Gasteiger partial charge in [-0.05, 0) is 12.1 Å². The minimum absolute atomic E-state index is 0.0989. The molecule has 6 nitrogen and oxygen atoms in total. The fourth-order valence-corrected chi connectivity index (χ4v) is 3.39. The fraction of sp³-hybridized carbons (Fsp3) is 0.286. The molecule has 0 unspecified atom stereocenters. The van der Waals surface area contributed by atoms with Gasteiger partial charge in [0.2, 0.25) is 5.76 Å². The Labute approximate surface area is 135 Å². The average molecular weight is 341 g/mol. The predicted octanol–water partition coefficient (Wildman–Crippen LogP) is 2.22. The third kappa shape index (κ3) is 2.57. The van der Waals surface area contributed by atoms with Crippen molar-refractivity contribution in [3.8, 4) is 5.75 Å². The van der Waals surface area contributed by atoms with Crippen LogP contribution in [-0.2, 0) is 21.3 Å². The van der Waals surface area contributed by atoms with E-state index in [1.807, 2.05) is 0 Å². The summed E-state index contributed by atoms with van der Waals surface area (Å²) < 4.78 is 18.2. The number of aryl methyl sites for hydroxylation is 1. The van der Waals surface area contributed by atoms with Gasteiger partial charge < -0.3 is 18.8 Å². The van der Waals surface area contributed by atoms with Crippen molar-refractivity contribution >= 4 is 39.1 Å². The van der Waals surface area contributed by atoms with Gasteiger partial charge in [0, 0.05) is 7.05 Å². The van der Waals surface area contributed by atoms with Crippen LogP contribution in [0.1, 0.15) is 0 Å². The first kappa shape index (κ1) is 14.9. The quantitative estimate of drug-likeness (QED) is 0.841. The topological polar surface area (TPSA) is 62.1 Å². The van der Waals surface area contributed by atoms with Crippen LogP contribution in [-0.4, -0.2) is 30.8 Å². The lowest BCUT2D eigenvalue weighted by molar-refractivity contribution is -0.119. The van der Waals surface area contributed by atoms with Crippen LogP contribution in [0.25, 0.3) is 10.2 Å². The van der Waals surface area contributed by atoms with E-state index in [-0.39, 0.29) is 5.76 Å². The number of carbonyl (C=O) groups is 1. The van der Waals surface area contributed by atoms with Crippen LogP contribution < -0.4 is 9.54 Å². The minimum Gasteiger partial charge on any atom is -0.495 e. The number of carbonyl (C=O) groups excluding carboxylic acids is 1. The van der Waals surface area contributed by atoms with E-state index >= 15 is 0 Å². The van der Waals surface area contributed by atoms with Crippen molar-refractivity contribution < 1.29 is 19.0 Å². The number of fused-ring (bicyclic) bond motifs is 1. The predicted molar refractivity (Wildman–Crippen MR) is 82.9 cm³/mol. The van der Waals surface area contributed by atoms with Gasteiger partial charge in [-0.1, -0.05) is 22.9 Å². The molecule has 0 bridgehead atoms. The Morgan fingerprint density at radius 2 is 2.27 bits per heavy atom. The van der Waals surface area contributed by atoms with Crippen LogP contribution in [0.15, 0.2) is 29.1 Å². The second-order valence-corrected chi connectivity index (χ2v) is 5.87. The minimum atomic E-state index is -0.489. The monoisotopic (exact) mass is 340 g/mol. The molecule has 2 heterocycles. The summed E-state index contributed by atoms with van der Waals surface area (Å²) in [5, 5.41) is 0.585. The summed E-state index contributed by atoms with van der Waals surface area (Å²) in [6.45, 7) is 0.769. The van der Waals surface area contributed by atoms with Gasteiger partial charge >= 0.3 is 5.91 Å². The van der Waals surface area contributed by atoms with Gasteiger partial charge in [-0.25, -0.2) is 0 Å². The van der Waals surface area contributed by atoms with Crippen LogP contribution in [0.3, 0.4) is 0 Å². The SMILES string of the molecule is COc1ccc(Cl)c2sc(=NC(=O)C3=COCCO3)n(C)c12. The standard InChI is InChI=1S/C14H13ClN2O4S/c1-17-11-9(19-2)4-3-8(15)12(11)22-14(17)16-13(18)10-7-20-5-6-21-10/h3-4,7H,5-6H2,1-2H3. The van der Waals surface area contributed by atoms with E-state index in [1.54, 1.807) is 30.9 Å². The van der Waals surface area contributed by atoms with E-state index in [4.69, 9.17) is 25.8 Å². The number of halogens is 1. The Balaban J connectivity index is 2.13. The maximum atomic E-state index is 12.1. The van der Waals surface area contributed by atoms with E-state index in [9.17, 15) is 4.79 Å². The van der Waals surface area contributed by atoms with Crippen molar-refractivity contribution in [3.63, 3.8) is 0 Å². The number of hydrogen-bond acceptors (Lipinski definition) is 5. The number of aromatic nitrogens is 1. The van der Waals surface area contributed by atoms with E-state index in [1.165, 1.54) is 17.6 Å².